The summed E-state index contributed by atoms with van der Waals surface area (Å²) in [5.41, 5.74) is 1.18. The first-order chi connectivity index (χ1) is 8.16. The molecule has 4 heteroatoms. The van der Waals surface area contributed by atoms with Crippen LogP contribution in [0.3, 0.4) is 0 Å². The minimum absolute atomic E-state index is 0.614. The van der Waals surface area contributed by atoms with E-state index in [0.29, 0.717) is 6.04 Å². The van der Waals surface area contributed by atoms with Crippen molar-refractivity contribution in [3.8, 4) is 0 Å². The first-order valence-electron chi connectivity index (χ1n) is 5.89. The summed E-state index contributed by atoms with van der Waals surface area (Å²) in [4.78, 5) is 2.37. The predicted octanol–water partition coefficient (Wildman–Crippen LogP) is 3.71. The Morgan fingerprint density at radius 3 is 2.76 bits per heavy atom. The van der Waals surface area contributed by atoms with Crippen LogP contribution in [0.4, 0.5) is 0 Å². The van der Waals surface area contributed by atoms with E-state index in [-0.39, 0.29) is 0 Å². The van der Waals surface area contributed by atoms with Crippen LogP contribution < -0.4 is 0 Å². The SMILES string of the molecule is CN(Cc1ccc(Br)cc1Cl)C1CCOCC1. The van der Waals surface area contributed by atoms with Crippen molar-refractivity contribution in [1.82, 2.24) is 4.90 Å². The minimum atomic E-state index is 0.614. The molecule has 1 heterocycles. The van der Waals surface area contributed by atoms with Crippen LogP contribution in [0.15, 0.2) is 22.7 Å². The second kappa shape index (κ2) is 6.19. The van der Waals surface area contributed by atoms with Crippen molar-refractivity contribution in [3.05, 3.63) is 33.3 Å². The Bertz CT molecular complexity index is 380. The van der Waals surface area contributed by atoms with Crippen molar-refractivity contribution in [1.29, 1.82) is 0 Å². The van der Waals surface area contributed by atoms with E-state index in [1.54, 1.807) is 0 Å². The van der Waals surface area contributed by atoms with Crippen molar-refractivity contribution >= 4 is 27.5 Å². The smallest absolute Gasteiger partial charge is 0.0480 e. The molecule has 0 saturated carbocycles. The van der Waals surface area contributed by atoms with Gasteiger partial charge in [-0.25, -0.2) is 0 Å². The zero-order valence-corrected chi connectivity index (χ0v) is 12.3. The summed E-state index contributed by atoms with van der Waals surface area (Å²) in [6.45, 7) is 2.66. The number of hydrogen-bond acceptors (Lipinski definition) is 2. The molecule has 1 aliphatic heterocycles. The molecule has 1 aromatic rings. The van der Waals surface area contributed by atoms with Crippen LogP contribution >= 0.6 is 27.5 Å². The molecule has 0 radical (unpaired) electrons. The molecular formula is C13H17BrClNO. The van der Waals surface area contributed by atoms with Gasteiger partial charge in [0.05, 0.1) is 0 Å². The van der Waals surface area contributed by atoms with Crippen molar-refractivity contribution in [2.24, 2.45) is 0 Å². The first kappa shape index (κ1) is 13.3. The Morgan fingerprint density at radius 2 is 2.12 bits per heavy atom. The Kier molecular flexibility index (Phi) is 4.86. The molecule has 0 unspecified atom stereocenters. The van der Waals surface area contributed by atoms with Gasteiger partial charge in [-0.15, -0.1) is 0 Å². The fraction of sp³-hybridized carbons (Fsp3) is 0.538. The fourth-order valence-corrected chi connectivity index (χ4v) is 2.91. The largest absolute Gasteiger partial charge is 0.381 e. The molecule has 0 aliphatic carbocycles. The molecule has 1 saturated heterocycles. The normalized spacial score (nSPS) is 17.6. The van der Waals surface area contributed by atoms with Crippen molar-refractivity contribution in [2.45, 2.75) is 25.4 Å². The van der Waals surface area contributed by atoms with Crippen molar-refractivity contribution < 1.29 is 4.74 Å². The Morgan fingerprint density at radius 1 is 1.41 bits per heavy atom. The second-order valence-corrected chi connectivity index (χ2v) is 5.82. The number of nitrogens with zero attached hydrogens (tertiary/aromatic N) is 1. The lowest BCUT2D eigenvalue weighted by atomic mass is 10.1. The van der Waals surface area contributed by atoms with Gasteiger partial charge in [-0.3, -0.25) is 4.90 Å². The summed E-state index contributed by atoms with van der Waals surface area (Å²) in [6, 6.07) is 6.69. The van der Waals surface area contributed by atoms with Gasteiger partial charge in [-0.2, -0.15) is 0 Å². The molecule has 0 aromatic heterocycles. The monoisotopic (exact) mass is 317 g/mol. The molecule has 2 nitrogen and oxygen atoms in total. The molecule has 0 amide bonds. The predicted molar refractivity (Wildman–Crippen MR) is 74.5 cm³/mol. The molecule has 0 bridgehead atoms. The minimum Gasteiger partial charge on any atom is -0.381 e. The third-order valence-electron chi connectivity index (χ3n) is 3.25. The summed E-state index contributed by atoms with van der Waals surface area (Å²) in [5, 5.41) is 0.832. The highest BCUT2D eigenvalue weighted by Crippen LogP contribution is 2.24. The highest BCUT2D eigenvalue weighted by molar-refractivity contribution is 9.10. The lowest BCUT2D eigenvalue weighted by Crippen LogP contribution is -2.36. The van der Waals surface area contributed by atoms with Crippen LogP contribution in [-0.4, -0.2) is 31.2 Å². The van der Waals surface area contributed by atoms with E-state index in [0.717, 1.165) is 42.1 Å². The van der Waals surface area contributed by atoms with E-state index in [1.807, 2.05) is 12.1 Å². The standard InChI is InChI=1S/C13H17BrClNO/c1-16(12-4-6-17-7-5-12)9-10-2-3-11(14)8-13(10)15/h2-3,8,12H,4-7,9H2,1H3. The van der Waals surface area contributed by atoms with Gasteiger partial charge in [0.2, 0.25) is 0 Å². The second-order valence-electron chi connectivity index (χ2n) is 4.49. The fourth-order valence-electron chi connectivity index (χ4n) is 2.17. The first-order valence-corrected chi connectivity index (χ1v) is 7.06. The van der Waals surface area contributed by atoms with Gasteiger partial charge < -0.3 is 4.74 Å². The van der Waals surface area contributed by atoms with E-state index >= 15 is 0 Å². The van der Waals surface area contributed by atoms with Crippen LogP contribution in [0.1, 0.15) is 18.4 Å². The van der Waals surface area contributed by atoms with Gasteiger partial charge >= 0.3 is 0 Å². The number of rotatable bonds is 3. The summed E-state index contributed by atoms with van der Waals surface area (Å²) in [6.07, 6.45) is 2.23. The van der Waals surface area contributed by atoms with Gasteiger partial charge in [0.1, 0.15) is 0 Å². The van der Waals surface area contributed by atoms with E-state index in [9.17, 15) is 0 Å². The van der Waals surface area contributed by atoms with Crippen LogP contribution in [-0.2, 0) is 11.3 Å². The lowest BCUT2D eigenvalue weighted by Gasteiger charge is -2.31. The average Bonchev–Trinajstić information content (AvgIpc) is 2.34. The maximum atomic E-state index is 6.23. The third-order valence-corrected chi connectivity index (χ3v) is 4.09. The van der Waals surface area contributed by atoms with Gasteiger partial charge in [-0.05, 0) is 37.6 Å². The topological polar surface area (TPSA) is 12.5 Å². The Hall–Kier alpha value is -0.0900. The molecule has 17 heavy (non-hydrogen) atoms. The van der Waals surface area contributed by atoms with Crippen LogP contribution in [0.2, 0.25) is 5.02 Å². The average molecular weight is 319 g/mol. The van der Waals surface area contributed by atoms with E-state index < -0.39 is 0 Å². The summed E-state index contributed by atoms with van der Waals surface area (Å²) in [7, 11) is 2.16. The van der Waals surface area contributed by atoms with E-state index in [2.05, 4.69) is 33.9 Å². The molecule has 0 atom stereocenters. The van der Waals surface area contributed by atoms with E-state index in [4.69, 9.17) is 16.3 Å². The van der Waals surface area contributed by atoms with Gasteiger partial charge in [0.25, 0.3) is 0 Å². The molecule has 0 N–H and O–H groups in total. The summed E-state index contributed by atoms with van der Waals surface area (Å²) in [5.74, 6) is 0. The molecule has 1 aromatic carbocycles. The van der Waals surface area contributed by atoms with Crippen molar-refractivity contribution in [3.63, 3.8) is 0 Å². The number of halogens is 2. The highest BCUT2D eigenvalue weighted by atomic mass is 79.9. The summed E-state index contributed by atoms with van der Waals surface area (Å²) < 4.78 is 6.41. The van der Waals surface area contributed by atoms with Crippen LogP contribution in [0.5, 0.6) is 0 Å². The molecule has 2 rings (SSSR count). The Balaban J connectivity index is 1.99. The van der Waals surface area contributed by atoms with Crippen molar-refractivity contribution in [2.75, 3.05) is 20.3 Å². The van der Waals surface area contributed by atoms with Crippen LogP contribution in [0.25, 0.3) is 0 Å². The van der Waals surface area contributed by atoms with E-state index in [1.165, 1.54) is 5.56 Å². The van der Waals surface area contributed by atoms with Gasteiger partial charge in [0, 0.05) is 35.3 Å². The molecule has 1 fully saturated rings. The number of benzene rings is 1. The highest BCUT2D eigenvalue weighted by Gasteiger charge is 2.18. The molecule has 94 valence electrons. The quantitative estimate of drug-likeness (QED) is 0.842. The van der Waals surface area contributed by atoms with Crippen LogP contribution in [0, 0.1) is 0 Å². The zero-order chi connectivity index (χ0) is 12.3. The maximum Gasteiger partial charge on any atom is 0.0480 e. The molecule has 1 aliphatic rings. The number of hydrogen-bond donors (Lipinski definition) is 0. The maximum absolute atomic E-state index is 6.23. The van der Waals surface area contributed by atoms with Gasteiger partial charge in [-0.1, -0.05) is 33.6 Å². The third kappa shape index (κ3) is 3.68. The Labute approximate surface area is 116 Å². The number of ether oxygens (including phenoxy) is 1. The molecular weight excluding hydrogens is 302 g/mol. The molecule has 0 spiro atoms. The van der Waals surface area contributed by atoms with Gasteiger partial charge in [0.15, 0.2) is 0 Å². The zero-order valence-electron chi connectivity index (χ0n) is 9.96. The lowest BCUT2D eigenvalue weighted by molar-refractivity contribution is 0.0407. The summed E-state index contributed by atoms with van der Waals surface area (Å²) >= 11 is 9.66.